The second-order valence-corrected chi connectivity index (χ2v) is 7.00. The van der Waals surface area contributed by atoms with Gasteiger partial charge in [0.1, 0.15) is 5.75 Å². The third kappa shape index (κ3) is 5.61. The van der Waals surface area contributed by atoms with Gasteiger partial charge in [0.05, 0.1) is 20.3 Å². The van der Waals surface area contributed by atoms with Crippen LogP contribution in [0.2, 0.25) is 0 Å². The zero-order valence-corrected chi connectivity index (χ0v) is 16.2. The molecule has 1 fully saturated rings. The fraction of sp³-hybridized carbons (Fsp3) is 0.632. The van der Waals surface area contributed by atoms with E-state index in [0.717, 1.165) is 55.7 Å². The molecule has 1 aliphatic rings. The van der Waals surface area contributed by atoms with E-state index in [2.05, 4.69) is 52.6 Å². The second-order valence-electron chi connectivity index (χ2n) is 7.00. The lowest BCUT2D eigenvalue weighted by Gasteiger charge is -2.41. The van der Waals surface area contributed by atoms with Crippen LogP contribution in [0.3, 0.4) is 0 Å². The number of ether oxygens (including phenoxy) is 2. The van der Waals surface area contributed by atoms with E-state index in [-0.39, 0.29) is 5.54 Å². The molecule has 140 valence electrons. The summed E-state index contributed by atoms with van der Waals surface area (Å²) in [5.41, 5.74) is 2.35. The molecule has 1 aromatic carbocycles. The van der Waals surface area contributed by atoms with Gasteiger partial charge in [0.25, 0.3) is 0 Å². The number of methoxy groups -OCH3 is 1. The summed E-state index contributed by atoms with van der Waals surface area (Å²) in [6.45, 7) is 11.7. The first kappa shape index (κ1) is 19.5. The van der Waals surface area contributed by atoms with Crippen molar-refractivity contribution in [2.45, 2.75) is 32.9 Å². The highest BCUT2D eigenvalue weighted by molar-refractivity contribution is 5.79. The molecule has 1 aliphatic heterocycles. The van der Waals surface area contributed by atoms with Crippen LogP contribution in [0.5, 0.6) is 5.75 Å². The van der Waals surface area contributed by atoms with E-state index >= 15 is 0 Å². The maximum Gasteiger partial charge on any atom is 0.191 e. The zero-order valence-electron chi connectivity index (χ0n) is 16.2. The molecule has 0 amide bonds. The average Bonchev–Trinajstić information content (AvgIpc) is 2.63. The minimum absolute atomic E-state index is 0.0501. The van der Waals surface area contributed by atoms with Crippen LogP contribution in [0.25, 0.3) is 0 Å². The molecule has 2 N–H and O–H groups in total. The van der Waals surface area contributed by atoms with E-state index in [1.54, 1.807) is 14.2 Å². The van der Waals surface area contributed by atoms with Crippen molar-refractivity contribution in [2.24, 2.45) is 4.99 Å². The molecule has 0 aromatic heterocycles. The summed E-state index contributed by atoms with van der Waals surface area (Å²) in [5, 5.41) is 6.81. The number of morpholine rings is 1. The topological polar surface area (TPSA) is 58.1 Å². The van der Waals surface area contributed by atoms with Crippen molar-refractivity contribution >= 4 is 5.96 Å². The second kappa shape index (κ2) is 9.06. The van der Waals surface area contributed by atoms with Crippen LogP contribution in [-0.2, 0) is 11.3 Å². The maximum absolute atomic E-state index is 5.45. The smallest absolute Gasteiger partial charge is 0.191 e. The van der Waals surface area contributed by atoms with Crippen molar-refractivity contribution in [3.05, 3.63) is 29.3 Å². The summed E-state index contributed by atoms with van der Waals surface area (Å²) in [6, 6.07) is 6.25. The van der Waals surface area contributed by atoms with Gasteiger partial charge >= 0.3 is 0 Å². The summed E-state index contributed by atoms with van der Waals surface area (Å²) in [4.78, 5) is 6.79. The van der Waals surface area contributed by atoms with Crippen LogP contribution in [0.1, 0.15) is 25.0 Å². The van der Waals surface area contributed by atoms with Crippen LogP contribution in [0.15, 0.2) is 23.2 Å². The third-order valence-corrected chi connectivity index (χ3v) is 4.71. The summed E-state index contributed by atoms with van der Waals surface area (Å²) in [6.07, 6.45) is 0. The largest absolute Gasteiger partial charge is 0.496 e. The minimum atomic E-state index is 0.0501. The number of benzene rings is 1. The standard InChI is InChI=1S/C19H32N4O2/c1-15-6-7-16(12-17(15)24-5)13-21-18(20-4)22-14-19(2,3)23-8-10-25-11-9-23/h6-7,12H,8-11,13-14H2,1-5H3,(H2,20,21,22). The molecule has 0 unspecified atom stereocenters. The first-order chi connectivity index (χ1) is 12.0. The van der Waals surface area contributed by atoms with Gasteiger partial charge in [0.15, 0.2) is 5.96 Å². The Kier molecular flexibility index (Phi) is 7.08. The Labute approximate surface area is 151 Å². The van der Waals surface area contributed by atoms with E-state index in [9.17, 15) is 0 Å². The first-order valence-electron chi connectivity index (χ1n) is 8.87. The lowest BCUT2D eigenvalue weighted by Crippen LogP contribution is -2.56. The quantitative estimate of drug-likeness (QED) is 0.606. The van der Waals surface area contributed by atoms with Crippen molar-refractivity contribution in [1.29, 1.82) is 0 Å². The van der Waals surface area contributed by atoms with Crippen molar-refractivity contribution in [1.82, 2.24) is 15.5 Å². The molecule has 6 heteroatoms. The number of guanidine groups is 1. The van der Waals surface area contributed by atoms with Crippen molar-refractivity contribution in [3.63, 3.8) is 0 Å². The monoisotopic (exact) mass is 348 g/mol. The Bertz CT molecular complexity index is 581. The fourth-order valence-corrected chi connectivity index (χ4v) is 2.96. The zero-order chi connectivity index (χ0) is 18.3. The van der Waals surface area contributed by atoms with Crippen molar-refractivity contribution in [2.75, 3.05) is 47.0 Å². The van der Waals surface area contributed by atoms with E-state index < -0.39 is 0 Å². The molecular formula is C19H32N4O2. The maximum atomic E-state index is 5.45. The molecule has 1 saturated heterocycles. The summed E-state index contributed by atoms with van der Waals surface area (Å²) < 4.78 is 10.8. The number of hydrogen-bond acceptors (Lipinski definition) is 4. The predicted molar refractivity (Wildman–Crippen MR) is 102 cm³/mol. The van der Waals surface area contributed by atoms with Crippen LogP contribution < -0.4 is 15.4 Å². The third-order valence-electron chi connectivity index (χ3n) is 4.71. The van der Waals surface area contributed by atoms with Crippen molar-refractivity contribution < 1.29 is 9.47 Å². The highest BCUT2D eigenvalue weighted by atomic mass is 16.5. The number of aliphatic imine (C=N–C) groups is 1. The molecule has 25 heavy (non-hydrogen) atoms. The molecule has 1 heterocycles. The molecule has 6 nitrogen and oxygen atoms in total. The molecule has 0 aliphatic carbocycles. The van der Waals surface area contributed by atoms with Gasteiger partial charge in [0.2, 0.25) is 0 Å². The normalized spacial score (nSPS) is 16.6. The lowest BCUT2D eigenvalue weighted by molar-refractivity contribution is -0.00834. The number of hydrogen-bond donors (Lipinski definition) is 2. The number of rotatable bonds is 6. The Morgan fingerprint density at radius 2 is 2.00 bits per heavy atom. The van der Waals surface area contributed by atoms with Gasteiger partial charge in [-0.2, -0.15) is 0 Å². The molecule has 2 rings (SSSR count). The molecule has 0 bridgehead atoms. The molecule has 1 aromatic rings. The number of nitrogens with one attached hydrogen (secondary N) is 2. The van der Waals surface area contributed by atoms with E-state index in [1.807, 2.05) is 6.92 Å². The summed E-state index contributed by atoms with van der Waals surface area (Å²) in [7, 11) is 3.50. The van der Waals surface area contributed by atoms with Crippen LogP contribution in [0.4, 0.5) is 0 Å². The number of aryl methyl sites for hydroxylation is 1. The van der Waals surface area contributed by atoms with Gasteiger partial charge in [-0.3, -0.25) is 9.89 Å². The van der Waals surface area contributed by atoms with Gasteiger partial charge in [-0.1, -0.05) is 12.1 Å². The van der Waals surface area contributed by atoms with Gasteiger partial charge < -0.3 is 20.1 Å². The lowest BCUT2D eigenvalue weighted by atomic mass is 10.0. The van der Waals surface area contributed by atoms with Gasteiger partial charge in [-0.15, -0.1) is 0 Å². The average molecular weight is 348 g/mol. The number of nitrogens with zero attached hydrogens (tertiary/aromatic N) is 2. The highest BCUT2D eigenvalue weighted by Gasteiger charge is 2.28. The van der Waals surface area contributed by atoms with Gasteiger partial charge in [-0.25, -0.2) is 0 Å². The van der Waals surface area contributed by atoms with E-state index in [0.29, 0.717) is 6.54 Å². The van der Waals surface area contributed by atoms with E-state index in [4.69, 9.17) is 9.47 Å². The molecule has 0 radical (unpaired) electrons. The first-order valence-corrected chi connectivity index (χ1v) is 8.87. The van der Waals surface area contributed by atoms with E-state index in [1.165, 1.54) is 0 Å². The SMILES string of the molecule is CN=C(NCc1ccc(C)c(OC)c1)NCC(C)(C)N1CCOCC1. The molecular weight excluding hydrogens is 316 g/mol. The van der Waals surface area contributed by atoms with Crippen molar-refractivity contribution in [3.8, 4) is 5.75 Å². The van der Waals surface area contributed by atoms with Crippen LogP contribution in [0, 0.1) is 6.92 Å². The Morgan fingerprint density at radius 3 is 2.64 bits per heavy atom. The molecule has 0 spiro atoms. The van der Waals surface area contributed by atoms with Crippen LogP contribution in [-0.4, -0.2) is 63.4 Å². The fourth-order valence-electron chi connectivity index (χ4n) is 2.96. The van der Waals surface area contributed by atoms with Gasteiger partial charge in [0, 0.05) is 38.8 Å². The Morgan fingerprint density at radius 1 is 1.28 bits per heavy atom. The highest BCUT2D eigenvalue weighted by Crippen LogP contribution is 2.19. The van der Waals surface area contributed by atoms with Gasteiger partial charge in [-0.05, 0) is 38.0 Å². The molecule has 0 atom stereocenters. The predicted octanol–water partition coefficient (Wildman–Crippen LogP) is 1.78. The Hall–Kier alpha value is -1.79. The minimum Gasteiger partial charge on any atom is -0.496 e. The summed E-state index contributed by atoms with van der Waals surface area (Å²) >= 11 is 0. The molecule has 0 saturated carbocycles. The van der Waals surface area contributed by atoms with Crippen LogP contribution >= 0.6 is 0 Å². The summed E-state index contributed by atoms with van der Waals surface area (Å²) in [5.74, 6) is 1.72. The Balaban J connectivity index is 1.86.